The summed E-state index contributed by atoms with van der Waals surface area (Å²) in [7, 11) is 0. The number of carbonyl (C=O) groups excluding carboxylic acids is 4. The number of nitrogens with one attached hydrogen (secondary N) is 4. The highest BCUT2D eigenvalue weighted by Crippen LogP contribution is 2.12. The van der Waals surface area contributed by atoms with Crippen molar-refractivity contribution in [1.82, 2.24) is 21.3 Å². The first-order valence-corrected chi connectivity index (χ1v) is 11.5. The van der Waals surface area contributed by atoms with Crippen molar-refractivity contribution in [2.45, 2.75) is 50.9 Å². The smallest absolute Gasteiger partial charge is 0.328 e. The number of hydrogen-bond donors (Lipinski definition) is 9. The van der Waals surface area contributed by atoms with E-state index in [1.165, 1.54) is 24.3 Å². The van der Waals surface area contributed by atoms with Crippen LogP contribution in [0.3, 0.4) is 0 Å². The molecule has 0 aliphatic carbocycles. The molecule has 1 aromatic rings. The van der Waals surface area contributed by atoms with E-state index in [4.69, 9.17) is 21.1 Å². The van der Waals surface area contributed by atoms with E-state index in [1.807, 2.05) is 0 Å². The molecule has 1 aromatic carbocycles. The van der Waals surface area contributed by atoms with Crippen molar-refractivity contribution in [3.8, 4) is 5.75 Å². The van der Waals surface area contributed by atoms with Gasteiger partial charge < -0.3 is 47.4 Å². The summed E-state index contributed by atoms with van der Waals surface area (Å²) in [5.41, 5.74) is 6.09. The molecule has 38 heavy (non-hydrogen) atoms. The van der Waals surface area contributed by atoms with Gasteiger partial charge in [-0.1, -0.05) is 26.0 Å². The second-order valence-corrected chi connectivity index (χ2v) is 8.73. The summed E-state index contributed by atoms with van der Waals surface area (Å²) >= 11 is 0. The molecule has 0 aliphatic rings. The van der Waals surface area contributed by atoms with E-state index in [2.05, 4.69) is 21.3 Å². The van der Waals surface area contributed by atoms with Crippen LogP contribution in [-0.4, -0.2) is 93.3 Å². The maximum atomic E-state index is 12.8. The molecule has 0 fully saturated rings. The molecule has 0 saturated heterocycles. The van der Waals surface area contributed by atoms with E-state index in [1.54, 1.807) is 13.8 Å². The predicted molar refractivity (Wildman–Crippen MR) is 130 cm³/mol. The van der Waals surface area contributed by atoms with E-state index in [9.17, 15) is 33.9 Å². The second kappa shape index (κ2) is 15.1. The zero-order valence-corrected chi connectivity index (χ0v) is 20.8. The van der Waals surface area contributed by atoms with Crippen molar-refractivity contribution >= 4 is 35.6 Å². The summed E-state index contributed by atoms with van der Waals surface area (Å²) in [6.45, 7) is 1.68. The van der Waals surface area contributed by atoms with Crippen LogP contribution >= 0.6 is 0 Å². The average Bonchev–Trinajstić information content (AvgIpc) is 2.84. The minimum atomic E-state index is -1.57. The molecule has 4 atom stereocenters. The summed E-state index contributed by atoms with van der Waals surface area (Å²) in [4.78, 5) is 71.9. The highest BCUT2D eigenvalue weighted by atomic mass is 16.4. The molecule has 15 nitrogen and oxygen atoms in total. The number of carboxylic acid groups (broad SMARTS) is 2. The van der Waals surface area contributed by atoms with Crippen LogP contribution in [0, 0.1) is 5.92 Å². The number of aromatic hydroxyl groups is 1. The Kier molecular flexibility index (Phi) is 12.6. The van der Waals surface area contributed by atoms with E-state index in [-0.39, 0.29) is 12.2 Å². The molecule has 0 heterocycles. The van der Waals surface area contributed by atoms with Crippen LogP contribution in [0.4, 0.5) is 0 Å². The van der Waals surface area contributed by atoms with Crippen molar-refractivity contribution in [2.24, 2.45) is 11.7 Å². The third-order valence-corrected chi connectivity index (χ3v) is 5.23. The van der Waals surface area contributed by atoms with Crippen LogP contribution in [0.15, 0.2) is 24.3 Å². The molecule has 0 unspecified atom stereocenters. The number of carboxylic acids is 2. The average molecular weight is 540 g/mol. The van der Waals surface area contributed by atoms with Gasteiger partial charge in [0.25, 0.3) is 0 Å². The Labute approximate surface area is 217 Å². The van der Waals surface area contributed by atoms with Crippen LogP contribution in [0.25, 0.3) is 0 Å². The lowest BCUT2D eigenvalue weighted by Gasteiger charge is -2.24. The maximum absolute atomic E-state index is 12.8. The van der Waals surface area contributed by atoms with Crippen molar-refractivity contribution < 1.29 is 49.2 Å². The quantitative estimate of drug-likeness (QED) is 0.109. The molecule has 0 saturated carbocycles. The largest absolute Gasteiger partial charge is 0.508 e. The van der Waals surface area contributed by atoms with Crippen molar-refractivity contribution in [3.63, 3.8) is 0 Å². The number of phenols is 1. The lowest BCUT2D eigenvalue weighted by atomic mass is 10.0. The highest BCUT2D eigenvalue weighted by molar-refractivity contribution is 5.94. The summed E-state index contributed by atoms with van der Waals surface area (Å²) in [6.07, 6.45) is -0.770. The molecule has 0 aliphatic heterocycles. The maximum Gasteiger partial charge on any atom is 0.328 e. The van der Waals surface area contributed by atoms with E-state index >= 15 is 0 Å². The Morgan fingerprint density at radius 2 is 1.45 bits per heavy atom. The SMILES string of the molecule is CC(C)[C@H](NC(=O)CNC(=O)[C@H](Cc1ccc(O)cc1)NC(=O)[C@@H](N)CC(=O)O)C(=O)N[C@@H](CO)C(=O)O. The van der Waals surface area contributed by atoms with Crippen LogP contribution in [0.1, 0.15) is 25.8 Å². The number of nitrogens with two attached hydrogens (primary N) is 1. The van der Waals surface area contributed by atoms with Crippen molar-refractivity contribution in [3.05, 3.63) is 29.8 Å². The predicted octanol–water partition coefficient (Wildman–Crippen LogP) is -2.96. The van der Waals surface area contributed by atoms with Gasteiger partial charge in [0.2, 0.25) is 23.6 Å². The zero-order valence-electron chi connectivity index (χ0n) is 20.8. The van der Waals surface area contributed by atoms with Crippen LogP contribution in [-0.2, 0) is 35.2 Å². The van der Waals surface area contributed by atoms with Gasteiger partial charge in [-0.25, -0.2) is 4.79 Å². The lowest BCUT2D eigenvalue weighted by molar-refractivity contribution is -0.143. The van der Waals surface area contributed by atoms with Crippen molar-refractivity contribution in [1.29, 1.82) is 0 Å². The summed E-state index contributed by atoms with van der Waals surface area (Å²) in [5.74, 6) is -6.69. The Morgan fingerprint density at radius 3 is 1.95 bits per heavy atom. The minimum absolute atomic E-state index is 0.0312. The fourth-order valence-electron chi connectivity index (χ4n) is 3.13. The topological polar surface area (TPSA) is 257 Å². The molecular formula is C23H33N5O10. The molecule has 1 rings (SSSR count). The monoisotopic (exact) mass is 539 g/mol. The first-order chi connectivity index (χ1) is 17.7. The zero-order chi connectivity index (χ0) is 29.0. The van der Waals surface area contributed by atoms with Gasteiger partial charge in [-0.05, 0) is 23.6 Å². The number of rotatable bonds is 15. The van der Waals surface area contributed by atoms with Gasteiger partial charge >= 0.3 is 11.9 Å². The normalized spacial score (nSPS) is 13.9. The number of carbonyl (C=O) groups is 6. The molecule has 4 amide bonds. The number of aliphatic hydroxyl groups is 1. The number of amides is 4. The van der Waals surface area contributed by atoms with Gasteiger partial charge in [-0.2, -0.15) is 0 Å². The molecule has 210 valence electrons. The number of hydrogen-bond acceptors (Lipinski definition) is 9. The summed E-state index contributed by atoms with van der Waals surface area (Å²) < 4.78 is 0. The van der Waals surface area contributed by atoms with Gasteiger partial charge in [0.15, 0.2) is 0 Å². The Morgan fingerprint density at radius 1 is 0.868 bits per heavy atom. The van der Waals surface area contributed by atoms with E-state index < -0.39 is 85.2 Å². The highest BCUT2D eigenvalue weighted by Gasteiger charge is 2.29. The van der Waals surface area contributed by atoms with Crippen molar-refractivity contribution in [2.75, 3.05) is 13.2 Å². The van der Waals surface area contributed by atoms with E-state index in [0.717, 1.165) is 0 Å². The third kappa shape index (κ3) is 10.8. The Hall–Kier alpha value is -4.24. The van der Waals surface area contributed by atoms with Gasteiger partial charge in [-0.15, -0.1) is 0 Å². The van der Waals surface area contributed by atoms with Crippen LogP contribution in [0.5, 0.6) is 5.75 Å². The molecule has 0 spiro atoms. The van der Waals surface area contributed by atoms with Gasteiger partial charge in [-0.3, -0.25) is 24.0 Å². The Bertz CT molecular complexity index is 1010. The van der Waals surface area contributed by atoms with Gasteiger partial charge in [0.05, 0.1) is 25.6 Å². The van der Waals surface area contributed by atoms with E-state index in [0.29, 0.717) is 5.56 Å². The molecule has 0 bridgehead atoms. The number of benzene rings is 1. The number of phenolic OH excluding ortho intramolecular Hbond substituents is 1. The summed E-state index contributed by atoms with van der Waals surface area (Å²) in [5, 5.41) is 45.5. The van der Waals surface area contributed by atoms with Crippen LogP contribution in [0.2, 0.25) is 0 Å². The fourth-order valence-corrected chi connectivity index (χ4v) is 3.13. The minimum Gasteiger partial charge on any atom is -0.508 e. The molecule has 15 heteroatoms. The Balaban J connectivity index is 2.89. The lowest BCUT2D eigenvalue weighted by Crippen LogP contribution is -2.57. The molecular weight excluding hydrogens is 506 g/mol. The molecule has 10 N–H and O–H groups in total. The van der Waals surface area contributed by atoms with Gasteiger partial charge in [0, 0.05) is 6.42 Å². The molecule has 0 aromatic heterocycles. The number of aliphatic hydroxyl groups excluding tert-OH is 1. The molecule has 0 radical (unpaired) electrons. The number of aliphatic carboxylic acids is 2. The van der Waals surface area contributed by atoms with Gasteiger partial charge in [0.1, 0.15) is 23.9 Å². The summed E-state index contributed by atoms with van der Waals surface area (Å²) in [6, 6.07) is 0.237. The first kappa shape index (κ1) is 31.8. The third-order valence-electron chi connectivity index (χ3n) is 5.23. The fraction of sp³-hybridized carbons (Fsp3) is 0.478. The first-order valence-electron chi connectivity index (χ1n) is 11.5. The van der Waals surface area contributed by atoms with Crippen LogP contribution < -0.4 is 27.0 Å². The standard InChI is InChI=1S/C23H33N5O10/c1-11(2)19(22(36)27-16(10-29)23(37)38)28-17(31)9-25-21(35)15(7-12-3-5-13(30)6-4-12)26-20(34)14(24)8-18(32)33/h3-6,11,14-16,19,29-30H,7-10,24H2,1-2H3,(H,25,35)(H,26,34)(H,27,36)(H,28,31)(H,32,33)(H,37,38)/t14-,15-,16-,19-/m0/s1. The second-order valence-electron chi connectivity index (χ2n) is 8.73.